The number of hydrogen-bond acceptors (Lipinski definition) is 2. The topological polar surface area (TPSA) is 41.1 Å². The van der Waals surface area contributed by atoms with Crippen LogP contribution < -0.4 is 10.6 Å². The number of benzene rings is 1. The van der Waals surface area contributed by atoms with E-state index in [9.17, 15) is 4.79 Å². The van der Waals surface area contributed by atoms with Crippen LogP contribution in [0.1, 0.15) is 30.9 Å². The molecule has 1 amide bonds. The Kier molecular flexibility index (Phi) is 4.97. The zero-order valence-corrected chi connectivity index (χ0v) is 11.9. The van der Waals surface area contributed by atoms with Crippen molar-refractivity contribution in [3.63, 3.8) is 0 Å². The minimum absolute atomic E-state index is 0.169. The highest BCUT2D eigenvalue weighted by molar-refractivity contribution is 5.76. The van der Waals surface area contributed by atoms with E-state index in [2.05, 4.69) is 48.7 Å². The number of aryl methyl sites for hydroxylation is 2. The number of amides is 1. The lowest BCUT2D eigenvalue weighted by Gasteiger charge is -2.30. The molecule has 0 aromatic heterocycles. The van der Waals surface area contributed by atoms with Crippen molar-refractivity contribution in [2.45, 2.75) is 39.2 Å². The number of carbonyl (C=O) groups excluding carboxylic acids is 1. The Labute approximate surface area is 115 Å². The van der Waals surface area contributed by atoms with Gasteiger partial charge in [0.1, 0.15) is 0 Å². The van der Waals surface area contributed by atoms with Crippen molar-refractivity contribution in [1.29, 1.82) is 0 Å². The molecule has 1 fully saturated rings. The Morgan fingerprint density at radius 2 is 2.32 bits per heavy atom. The molecule has 1 aromatic rings. The van der Waals surface area contributed by atoms with Crippen molar-refractivity contribution in [3.05, 3.63) is 35.4 Å². The fourth-order valence-electron chi connectivity index (χ4n) is 2.59. The van der Waals surface area contributed by atoms with Gasteiger partial charge < -0.3 is 10.6 Å². The van der Waals surface area contributed by atoms with Crippen molar-refractivity contribution in [3.8, 4) is 0 Å². The van der Waals surface area contributed by atoms with E-state index in [1.165, 1.54) is 11.1 Å². The van der Waals surface area contributed by atoms with Gasteiger partial charge in [-0.2, -0.15) is 0 Å². The summed E-state index contributed by atoms with van der Waals surface area (Å²) >= 11 is 0. The maximum absolute atomic E-state index is 12.0. The summed E-state index contributed by atoms with van der Waals surface area (Å²) in [7, 11) is 0. The molecule has 0 radical (unpaired) electrons. The summed E-state index contributed by atoms with van der Waals surface area (Å²) in [6.07, 6.45) is 2.54. The molecule has 0 aliphatic carbocycles. The van der Waals surface area contributed by atoms with Crippen LogP contribution >= 0.6 is 0 Å². The maximum atomic E-state index is 12.0. The molecule has 2 unspecified atom stereocenters. The molecule has 2 rings (SSSR count). The molecule has 1 heterocycles. The van der Waals surface area contributed by atoms with Gasteiger partial charge in [0.25, 0.3) is 0 Å². The lowest BCUT2D eigenvalue weighted by Crippen LogP contribution is -2.50. The molecule has 3 heteroatoms. The van der Waals surface area contributed by atoms with Gasteiger partial charge in [0.05, 0.1) is 0 Å². The number of hydrogen-bond donors (Lipinski definition) is 2. The van der Waals surface area contributed by atoms with Crippen LogP contribution in [0, 0.1) is 12.8 Å². The summed E-state index contributed by atoms with van der Waals surface area (Å²) in [5, 5.41) is 6.49. The second-order valence-corrected chi connectivity index (χ2v) is 5.63. The van der Waals surface area contributed by atoms with Crippen LogP contribution in [0.2, 0.25) is 0 Å². The number of rotatable bonds is 4. The van der Waals surface area contributed by atoms with Crippen LogP contribution in [0.5, 0.6) is 0 Å². The molecule has 2 atom stereocenters. The van der Waals surface area contributed by atoms with Crippen LogP contribution in [0.25, 0.3) is 0 Å². The molecular formula is C16H24N2O. The summed E-state index contributed by atoms with van der Waals surface area (Å²) in [5.74, 6) is 0.742. The highest BCUT2D eigenvalue weighted by Gasteiger charge is 2.22. The minimum Gasteiger partial charge on any atom is -0.352 e. The molecule has 0 spiro atoms. The van der Waals surface area contributed by atoms with Crippen LogP contribution in [-0.4, -0.2) is 25.0 Å². The molecular weight excluding hydrogens is 236 g/mol. The smallest absolute Gasteiger partial charge is 0.220 e. The monoisotopic (exact) mass is 260 g/mol. The Balaban J connectivity index is 1.78. The highest BCUT2D eigenvalue weighted by Crippen LogP contribution is 2.12. The second kappa shape index (κ2) is 6.71. The third-order valence-corrected chi connectivity index (χ3v) is 3.90. The van der Waals surface area contributed by atoms with E-state index < -0.39 is 0 Å². The SMILES string of the molecule is Cc1cccc(CCC(=O)NC2CNCCC2C)c1. The van der Waals surface area contributed by atoms with Gasteiger partial charge in [-0.05, 0) is 37.8 Å². The average Bonchev–Trinajstić information content (AvgIpc) is 2.39. The third-order valence-electron chi connectivity index (χ3n) is 3.90. The molecule has 0 saturated carbocycles. The van der Waals surface area contributed by atoms with E-state index >= 15 is 0 Å². The van der Waals surface area contributed by atoms with Crippen molar-refractivity contribution < 1.29 is 4.79 Å². The first-order chi connectivity index (χ1) is 9.15. The Morgan fingerprint density at radius 3 is 3.05 bits per heavy atom. The molecule has 104 valence electrons. The van der Waals surface area contributed by atoms with Gasteiger partial charge in [-0.1, -0.05) is 36.8 Å². The predicted octanol–water partition coefficient (Wildman–Crippen LogP) is 2.04. The zero-order valence-electron chi connectivity index (χ0n) is 11.9. The largest absolute Gasteiger partial charge is 0.352 e. The van der Waals surface area contributed by atoms with Crippen LogP contribution in [0.3, 0.4) is 0 Å². The first-order valence-corrected chi connectivity index (χ1v) is 7.21. The van der Waals surface area contributed by atoms with E-state index in [4.69, 9.17) is 0 Å². The minimum atomic E-state index is 0.169. The normalized spacial score (nSPS) is 23.1. The lowest BCUT2D eigenvalue weighted by molar-refractivity contribution is -0.122. The maximum Gasteiger partial charge on any atom is 0.220 e. The third kappa shape index (κ3) is 4.35. The first-order valence-electron chi connectivity index (χ1n) is 7.21. The fraction of sp³-hybridized carbons (Fsp3) is 0.562. The molecule has 19 heavy (non-hydrogen) atoms. The summed E-state index contributed by atoms with van der Waals surface area (Å²) in [6.45, 7) is 6.26. The number of piperidine rings is 1. The van der Waals surface area contributed by atoms with Gasteiger partial charge in [0.15, 0.2) is 0 Å². The fourth-order valence-corrected chi connectivity index (χ4v) is 2.59. The van der Waals surface area contributed by atoms with E-state index in [0.717, 1.165) is 25.9 Å². The van der Waals surface area contributed by atoms with Crippen LogP contribution in [-0.2, 0) is 11.2 Å². The standard InChI is InChI=1S/C16H24N2O/c1-12-4-3-5-14(10-12)6-7-16(19)18-15-11-17-9-8-13(15)2/h3-5,10,13,15,17H,6-9,11H2,1-2H3,(H,18,19). The summed E-state index contributed by atoms with van der Waals surface area (Å²) in [6, 6.07) is 8.66. The second-order valence-electron chi connectivity index (χ2n) is 5.63. The Hall–Kier alpha value is -1.35. The lowest BCUT2D eigenvalue weighted by atomic mass is 9.94. The number of carbonyl (C=O) groups is 1. The van der Waals surface area contributed by atoms with Crippen LogP contribution in [0.4, 0.5) is 0 Å². The van der Waals surface area contributed by atoms with Crippen molar-refractivity contribution >= 4 is 5.91 Å². The molecule has 1 aliphatic rings. The molecule has 0 bridgehead atoms. The van der Waals surface area contributed by atoms with Crippen molar-refractivity contribution in [2.75, 3.05) is 13.1 Å². The van der Waals surface area contributed by atoms with Crippen LogP contribution in [0.15, 0.2) is 24.3 Å². The van der Waals surface area contributed by atoms with Crippen molar-refractivity contribution in [2.24, 2.45) is 5.92 Å². The molecule has 1 saturated heterocycles. The zero-order chi connectivity index (χ0) is 13.7. The summed E-state index contributed by atoms with van der Waals surface area (Å²) in [5.41, 5.74) is 2.49. The van der Waals surface area contributed by atoms with Crippen molar-refractivity contribution in [1.82, 2.24) is 10.6 Å². The van der Waals surface area contributed by atoms with Gasteiger partial charge in [-0.15, -0.1) is 0 Å². The molecule has 1 aliphatic heterocycles. The van der Waals surface area contributed by atoms with E-state index in [1.54, 1.807) is 0 Å². The average molecular weight is 260 g/mol. The number of nitrogens with one attached hydrogen (secondary N) is 2. The van der Waals surface area contributed by atoms with E-state index in [-0.39, 0.29) is 5.91 Å². The Bertz CT molecular complexity index is 431. The van der Waals surface area contributed by atoms with E-state index in [0.29, 0.717) is 18.4 Å². The quantitative estimate of drug-likeness (QED) is 0.870. The van der Waals surface area contributed by atoms with E-state index in [1.807, 2.05) is 0 Å². The first kappa shape index (κ1) is 14.1. The van der Waals surface area contributed by atoms with Gasteiger partial charge in [-0.25, -0.2) is 0 Å². The highest BCUT2D eigenvalue weighted by atomic mass is 16.1. The van der Waals surface area contributed by atoms with Gasteiger partial charge >= 0.3 is 0 Å². The van der Waals surface area contributed by atoms with Gasteiger partial charge in [0, 0.05) is 19.0 Å². The summed E-state index contributed by atoms with van der Waals surface area (Å²) in [4.78, 5) is 12.0. The van der Waals surface area contributed by atoms with Gasteiger partial charge in [0.2, 0.25) is 5.91 Å². The van der Waals surface area contributed by atoms with Gasteiger partial charge in [-0.3, -0.25) is 4.79 Å². The molecule has 3 nitrogen and oxygen atoms in total. The summed E-state index contributed by atoms with van der Waals surface area (Å²) < 4.78 is 0. The predicted molar refractivity (Wildman–Crippen MR) is 78.1 cm³/mol. The molecule has 1 aromatic carbocycles. The Morgan fingerprint density at radius 1 is 1.47 bits per heavy atom. The molecule has 2 N–H and O–H groups in total.